The lowest BCUT2D eigenvalue weighted by Gasteiger charge is -2.38. The monoisotopic (exact) mass is 431 g/mol. The van der Waals surface area contributed by atoms with Gasteiger partial charge in [-0.3, -0.25) is 0 Å². The van der Waals surface area contributed by atoms with E-state index in [1.54, 1.807) is 0 Å². The maximum absolute atomic E-state index is 3.90. The summed E-state index contributed by atoms with van der Waals surface area (Å²) in [6, 6.07) is 8.86. The van der Waals surface area contributed by atoms with Gasteiger partial charge in [-0.2, -0.15) is 0 Å². The quantitative estimate of drug-likeness (QED) is 0.355. The summed E-state index contributed by atoms with van der Waals surface area (Å²) in [6.45, 7) is 17.2. The van der Waals surface area contributed by atoms with Crippen molar-refractivity contribution in [1.29, 1.82) is 0 Å². The molecular formula is C24H45N7. The standard InChI is InChI=1S/C24H45N7/c1-3-23-15-25-8-11-28-18-24(19-29-12-9-26-16-23,20-30-13-10-27-17-23)31-14-22-6-4-21(2)5-7-22/h4-7,25-31H,3,8-20H2,1-2H3. The third-order valence-electron chi connectivity index (χ3n) is 6.86. The lowest BCUT2D eigenvalue weighted by atomic mass is 9.84. The molecule has 4 rings (SSSR count). The van der Waals surface area contributed by atoms with Crippen LogP contribution in [0.5, 0.6) is 0 Å². The maximum atomic E-state index is 3.90. The Bertz CT molecular complexity index is 575. The lowest BCUT2D eigenvalue weighted by Crippen LogP contribution is -2.64. The Balaban J connectivity index is 1.71. The highest BCUT2D eigenvalue weighted by atomic mass is 15.1. The summed E-state index contributed by atoms with van der Waals surface area (Å²) in [7, 11) is 0. The van der Waals surface area contributed by atoms with Crippen molar-refractivity contribution in [2.24, 2.45) is 5.41 Å². The van der Waals surface area contributed by atoms with Crippen molar-refractivity contribution in [2.75, 3.05) is 78.5 Å². The number of hydrogen-bond donors (Lipinski definition) is 7. The number of hydrogen-bond acceptors (Lipinski definition) is 7. The molecule has 3 aliphatic heterocycles. The molecular weight excluding hydrogens is 386 g/mol. The zero-order valence-corrected chi connectivity index (χ0v) is 19.7. The van der Waals surface area contributed by atoms with Crippen molar-refractivity contribution in [1.82, 2.24) is 37.2 Å². The largest absolute Gasteiger partial charge is 0.315 e. The number of benzene rings is 1. The molecule has 176 valence electrons. The van der Waals surface area contributed by atoms with Gasteiger partial charge < -0.3 is 37.2 Å². The molecule has 3 saturated heterocycles. The molecule has 0 spiro atoms. The maximum Gasteiger partial charge on any atom is 0.0561 e. The molecule has 0 aromatic heterocycles. The molecule has 7 nitrogen and oxygen atoms in total. The van der Waals surface area contributed by atoms with Gasteiger partial charge in [0.2, 0.25) is 0 Å². The first-order valence-electron chi connectivity index (χ1n) is 12.2. The summed E-state index contributed by atoms with van der Waals surface area (Å²) in [5.74, 6) is 0. The molecule has 0 saturated carbocycles. The zero-order chi connectivity index (χ0) is 21.8. The number of rotatable bonds is 4. The van der Waals surface area contributed by atoms with Crippen LogP contribution >= 0.6 is 0 Å². The fraction of sp³-hybridized carbons (Fsp3) is 0.750. The van der Waals surface area contributed by atoms with Crippen LogP contribution in [0.2, 0.25) is 0 Å². The summed E-state index contributed by atoms with van der Waals surface area (Å²) < 4.78 is 0. The van der Waals surface area contributed by atoms with Gasteiger partial charge in [0.1, 0.15) is 0 Å². The van der Waals surface area contributed by atoms with Gasteiger partial charge in [0, 0.05) is 90.5 Å². The first-order valence-corrected chi connectivity index (χ1v) is 12.2. The Labute approximate surface area is 189 Å². The van der Waals surface area contributed by atoms with Crippen LogP contribution < -0.4 is 37.2 Å². The molecule has 3 aliphatic rings. The van der Waals surface area contributed by atoms with Crippen LogP contribution in [-0.4, -0.2) is 84.1 Å². The second-order valence-corrected chi connectivity index (χ2v) is 9.53. The van der Waals surface area contributed by atoms with Gasteiger partial charge in [-0.05, 0) is 18.9 Å². The fourth-order valence-corrected chi connectivity index (χ4v) is 4.51. The van der Waals surface area contributed by atoms with Crippen LogP contribution in [0.15, 0.2) is 24.3 Å². The van der Waals surface area contributed by atoms with Gasteiger partial charge in [0.05, 0.1) is 5.54 Å². The Morgan fingerprint density at radius 3 is 1.52 bits per heavy atom. The van der Waals surface area contributed by atoms with Crippen molar-refractivity contribution in [3.05, 3.63) is 35.4 Å². The van der Waals surface area contributed by atoms with E-state index in [0.29, 0.717) is 0 Å². The third-order valence-corrected chi connectivity index (χ3v) is 6.86. The number of aryl methyl sites for hydroxylation is 1. The first-order chi connectivity index (χ1) is 15.2. The van der Waals surface area contributed by atoms with Crippen molar-refractivity contribution in [3.8, 4) is 0 Å². The molecule has 0 radical (unpaired) electrons. The molecule has 1 aromatic carbocycles. The van der Waals surface area contributed by atoms with Crippen LogP contribution in [0.3, 0.4) is 0 Å². The minimum atomic E-state index is -0.0493. The van der Waals surface area contributed by atoms with Crippen LogP contribution in [-0.2, 0) is 6.54 Å². The average Bonchev–Trinajstić information content (AvgIpc) is 2.79. The molecule has 3 fully saturated rings. The normalized spacial score (nSPS) is 29.9. The van der Waals surface area contributed by atoms with Crippen molar-refractivity contribution < 1.29 is 0 Å². The van der Waals surface area contributed by atoms with Crippen LogP contribution in [0, 0.1) is 12.3 Å². The van der Waals surface area contributed by atoms with Crippen LogP contribution in [0.1, 0.15) is 24.5 Å². The van der Waals surface area contributed by atoms with Crippen LogP contribution in [0.4, 0.5) is 0 Å². The van der Waals surface area contributed by atoms with E-state index in [2.05, 4.69) is 75.3 Å². The Hall–Kier alpha value is -1.06. The number of nitrogens with one attached hydrogen (secondary N) is 7. The lowest BCUT2D eigenvalue weighted by molar-refractivity contribution is 0.225. The number of fused-ring (bicyclic) bond motifs is 15. The topological polar surface area (TPSA) is 84.2 Å². The molecule has 0 amide bonds. The third kappa shape index (κ3) is 8.09. The van der Waals surface area contributed by atoms with Gasteiger partial charge in [-0.25, -0.2) is 0 Å². The average molecular weight is 432 g/mol. The molecule has 31 heavy (non-hydrogen) atoms. The van der Waals surface area contributed by atoms with Gasteiger partial charge >= 0.3 is 0 Å². The summed E-state index contributed by atoms with van der Waals surface area (Å²) in [6.07, 6.45) is 1.17. The van der Waals surface area contributed by atoms with E-state index in [0.717, 1.165) is 85.1 Å². The summed E-state index contributed by atoms with van der Waals surface area (Å²) in [5.41, 5.74) is 2.85. The van der Waals surface area contributed by atoms with E-state index in [-0.39, 0.29) is 11.0 Å². The molecule has 3 heterocycles. The predicted octanol–water partition coefficient (Wildman–Crippen LogP) is -0.215. The molecule has 2 bridgehead atoms. The van der Waals surface area contributed by atoms with Crippen molar-refractivity contribution in [3.63, 3.8) is 0 Å². The highest BCUT2D eigenvalue weighted by molar-refractivity contribution is 5.21. The molecule has 0 atom stereocenters. The van der Waals surface area contributed by atoms with E-state index in [4.69, 9.17) is 0 Å². The Morgan fingerprint density at radius 2 is 1.10 bits per heavy atom. The highest BCUT2D eigenvalue weighted by Gasteiger charge is 2.30. The van der Waals surface area contributed by atoms with E-state index in [9.17, 15) is 0 Å². The smallest absolute Gasteiger partial charge is 0.0561 e. The minimum absolute atomic E-state index is 0.0493. The van der Waals surface area contributed by atoms with Crippen molar-refractivity contribution in [2.45, 2.75) is 32.4 Å². The minimum Gasteiger partial charge on any atom is -0.315 e. The Morgan fingerprint density at radius 1 is 0.677 bits per heavy atom. The van der Waals surface area contributed by atoms with Gasteiger partial charge in [-0.1, -0.05) is 36.8 Å². The molecule has 1 aromatic rings. The van der Waals surface area contributed by atoms with Crippen LogP contribution in [0.25, 0.3) is 0 Å². The second-order valence-electron chi connectivity index (χ2n) is 9.53. The van der Waals surface area contributed by atoms with Gasteiger partial charge in [-0.15, -0.1) is 0 Å². The van der Waals surface area contributed by atoms with Crippen molar-refractivity contribution >= 4 is 0 Å². The molecule has 0 unspecified atom stereocenters. The summed E-state index contributed by atoms with van der Waals surface area (Å²) >= 11 is 0. The summed E-state index contributed by atoms with van der Waals surface area (Å²) in [5, 5.41) is 26.3. The van der Waals surface area contributed by atoms with Gasteiger partial charge in [0.15, 0.2) is 0 Å². The Kier molecular flexibility index (Phi) is 10.2. The molecule has 0 aliphatic carbocycles. The van der Waals surface area contributed by atoms with E-state index >= 15 is 0 Å². The van der Waals surface area contributed by atoms with E-state index < -0.39 is 0 Å². The molecule has 7 heteroatoms. The predicted molar refractivity (Wildman–Crippen MR) is 131 cm³/mol. The molecule has 7 N–H and O–H groups in total. The van der Waals surface area contributed by atoms with E-state index in [1.165, 1.54) is 17.5 Å². The van der Waals surface area contributed by atoms with E-state index in [1.807, 2.05) is 0 Å². The SMILES string of the molecule is CCC12CNCCNCC(NCc3ccc(C)cc3)(CNCCNC1)CNCCNC2. The zero-order valence-electron chi connectivity index (χ0n) is 19.7. The second kappa shape index (κ2) is 12.8. The highest BCUT2D eigenvalue weighted by Crippen LogP contribution is 2.19. The fourth-order valence-electron chi connectivity index (χ4n) is 4.51. The summed E-state index contributed by atoms with van der Waals surface area (Å²) in [4.78, 5) is 0. The first kappa shape index (κ1) is 24.6. The van der Waals surface area contributed by atoms with Gasteiger partial charge in [0.25, 0.3) is 0 Å².